The van der Waals surface area contributed by atoms with Crippen molar-refractivity contribution >= 4 is 45.2 Å². The van der Waals surface area contributed by atoms with Crippen molar-refractivity contribution in [1.82, 2.24) is 15.1 Å². The predicted octanol–water partition coefficient (Wildman–Crippen LogP) is 4.43. The molecular formula is C20H16BrClN4O2. The minimum atomic E-state index is -0.391. The summed E-state index contributed by atoms with van der Waals surface area (Å²) in [5.41, 5.74) is 1.29. The second-order valence-electron chi connectivity index (χ2n) is 6.49. The van der Waals surface area contributed by atoms with Crippen molar-refractivity contribution in [2.45, 2.75) is 18.9 Å². The third-order valence-corrected chi connectivity index (χ3v) is 5.09. The van der Waals surface area contributed by atoms with Crippen molar-refractivity contribution in [2.24, 2.45) is 0 Å². The monoisotopic (exact) mass is 458 g/mol. The van der Waals surface area contributed by atoms with Gasteiger partial charge in [-0.25, -0.2) is 4.68 Å². The Balaban J connectivity index is 1.68. The Kier molecular flexibility index (Phi) is 5.19. The van der Waals surface area contributed by atoms with Crippen LogP contribution in [0, 0.1) is 0 Å². The molecule has 8 heteroatoms. The number of amides is 2. The van der Waals surface area contributed by atoms with E-state index in [4.69, 9.17) is 11.6 Å². The number of rotatable bonds is 5. The number of hydrogen-bond donors (Lipinski definition) is 2. The smallest absolute Gasteiger partial charge is 0.272 e. The fourth-order valence-corrected chi connectivity index (χ4v) is 3.25. The van der Waals surface area contributed by atoms with E-state index in [2.05, 4.69) is 31.7 Å². The van der Waals surface area contributed by atoms with E-state index in [0.717, 1.165) is 23.0 Å². The third kappa shape index (κ3) is 4.10. The molecule has 0 bridgehead atoms. The highest BCUT2D eigenvalue weighted by Gasteiger charge is 2.26. The highest BCUT2D eigenvalue weighted by Crippen LogP contribution is 2.24. The molecule has 1 saturated carbocycles. The van der Waals surface area contributed by atoms with E-state index >= 15 is 0 Å². The van der Waals surface area contributed by atoms with Crippen LogP contribution >= 0.6 is 27.5 Å². The van der Waals surface area contributed by atoms with E-state index in [-0.39, 0.29) is 17.6 Å². The van der Waals surface area contributed by atoms with Crippen LogP contribution in [0.5, 0.6) is 0 Å². The minimum absolute atomic E-state index is 0.216. The van der Waals surface area contributed by atoms with Crippen LogP contribution in [-0.2, 0) is 0 Å². The lowest BCUT2D eigenvalue weighted by Crippen LogP contribution is -2.25. The first-order valence-corrected chi connectivity index (χ1v) is 9.91. The Labute approximate surface area is 175 Å². The van der Waals surface area contributed by atoms with Crippen LogP contribution in [0.3, 0.4) is 0 Å². The summed E-state index contributed by atoms with van der Waals surface area (Å²) < 4.78 is 2.27. The Morgan fingerprint density at radius 3 is 2.54 bits per heavy atom. The number of para-hydroxylation sites is 1. The van der Waals surface area contributed by atoms with Gasteiger partial charge < -0.3 is 10.6 Å². The average Bonchev–Trinajstić information content (AvgIpc) is 3.41. The fourth-order valence-electron chi connectivity index (χ4n) is 2.69. The minimum Gasteiger partial charge on any atom is -0.348 e. The highest BCUT2D eigenvalue weighted by atomic mass is 79.9. The van der Waals surface area contributed by atoms with E-state index in [0.29, 0.717) is 16.4 Å². The molecule has 0 spiro atoms. The van der Waals surface area contributed by atoms with Crippen LogP contribution in [-0.4, -0.2) is 27.6 Å². The molecule has 2 aromatic carbocycles. The normalized spacial score (nSPS) is 13.2. The van der Waals surface area contributed by atoms with Crippen molar-refractivity contribution in [3.8, 4) is 5.69 Å². The Morgan fingerprint density at radius 1 is 1.07 bits per heavy atom. The van der Waals surface area contributed by atoms with Gasteiger partial charge in [0, 0.05) is 16.6 Å². The molecule has 2 N–H and O–H groups in total. The summed E-state index contributed by atoms with van der Waals surface area (Å²) >= 11 is 9.51. The molecule has 6 nitrogen and oxygen atoms in total. The lowest BCUT2D eigenvalue weighted by atomic mass is 10.2. The molecule has 1 fully saturated rings. The molecule has 28 heavy (non-hydrogen) atoms. The molecule has 4 rings (SSSR count). The molecule has 1 heterocycles. The molecule has 0 atom stereocenters. The van der Waals surface area contributed by atoms with Crippen molar-refractivity contribution in [3.63, 3.8) is 0 Å². The summed E-state index contributed by atoms with van der Waals surface area (Å²) in [7, 11) is 0. The Morgan fingerprint density at radius 2 is 1.82 bits per heavy atom. The largest absolute Gasteiger partial charge is 0.348 e. The second-order valence-corrected chi connectivity index (χ2v) is 7.81. The van der Waals surface area contributed by atoms with Gasteiger partial charge in [0.1, 0.15) is 5.82 Å². The molecule has 3 aromatic rings. The maximum absolute atomic E-state index is 12.8. The zero-order chi connectivity index (χ0) is 19.7. The van der Waals surface area contributed by atoms with Gasteiger partial charge in [0.05, 0.1) is 16.3 Å². The molecule has 0 aliphatic heterocycles. The summed E-state index contributed by atoms with van der Waals surface area (Å²) in [5, 5.41) is 10.5. The molecule has 1 aliphatic carbocycles. The number of carbonyl (C=O) groups excluding carboxylic acids is 2. The molecule has 0 radical (unpaired) electrons. The number of aromatic nitrogens is 2. The third-order valence-electron chi connectivity index (χ3n) is 4.27. The highest BCUT2D eigenvalue weighted by molar-refractivity contribution is 9.10. The standard InChI is InChI=1S/C20H16BrClN4O2/c21-12-6-9-16(22)15(10-12)19(27)24-18-11-17(20(28)23-13-7-8-13)25-26(18)14-4-2-1-3-5-14/h1-6,9-11,13H,7-8H2,(H,23,28)(H,24,27). The van der Waals surface area contributed by atoms with Crippen LogP contribution in [0.25, 0.3) is 5.69 Å². The second kappa shape index (κ2) is 7.77. The lowest BCUT2D eigenvalue weighted by Gasteiger charge is -2.10. The van der Waals surface area contributed by atoms with Gasteiger partial charge in [0.25, 0.3) is 11.8 Å². The van der Waals surface area contributed by atoms with Crippen LogP contribution < -0.4 is 10.6 Å². The molecule has 142 valence electrons. The number of carbonyl (C=O) groups is 2. The first-order valence-electron chi connectivity index (χ1n) is 8.74. The SMILES string of the molecule is O=C(NC1CC1)c1cc(NC(=O)c2cc(Br)ccc2Cl)n(-c2ccccc2)n1. The van der Waals surface area contributed by atoms with Crippen molar-refractivity contribution in [3.05, 3.63) is 75.4 Å². The summed E-state index contributed by atoms with van der Waals surface area (Å²) in [5.74, 6) is -0.265. The predicted molar refractivity (Wildman–Crippen MR) is 111 cm³/mol. The first kappa shape index (κ1) is 18.7. The average molecular weight is 460 g/mol. The van der Waals surface area contributed by atoms with Gasteiger partial charge in [0.15, 0.2) is 5.69 Å². The van der Waals surface area contributed by atoms with Crippen molar-refractivity contribution in [2.75, 3.05) is 5.32 Å². The van der Waals surface area contributed by atoms with E-state index in [9.17, 15) is 9.59 Å². The van der Waals surface area contributed by atoms with Gasteiger partial charge in [-0.05, 0) is 43.2 Å². The van der Waals surface area contributed by atoms with Gasteiger partial charge >= 0.3 is 0 Å². The van der Waals surface area contributed by atoms with E-state index in [1.54, 1.807) is 24.3 Å². The lowest BCUT2D eigenvalue weighted by molar-refractivity contribution is 0.0944. The molecule has 0 saturated heterocycles. The number of hydrogen-bond acceptors (Lipinski definition) is 3. The van der Waals surface area contributed by atoms with Crippen LogP contribution in [0.2, 0.25) is 5.02 Å². The number of benzene rings is 2. The number of nitrogens with one attached hydrogen (secondary N) is 2. The van der Waals surface area contributed by atoms with E-state index in [1.807, 2.05) is 30.3 Å². The molecule has 2 amide bonds. The quantitative estimate of drug-likeness (QED) is 0.592. The van der Waals surface area contributed by atoms with E-state index < -0.39 is 5.91 Å². The molecule has 0 unspecified atom stereocenters. The molecule has 1 aliphatic rings. The maximum Gasteiger partial charge on any atom is 0.272 e. The van der Waals surface area contributed by atoms with Crippen molar-refractivity contribution < 1.29 is 9.59 Å². The van der Waals surface area contributed by atoms with Gasteiger partial charge in [-0.1, -0.05) is 45.7 Å². The van der Waals surface area contributed by atoms with Crippen LogP contribution in [0.4, 0.5) is 5.82 Å². The first-order chi connectivity index (χ1) is 13.5. The van der Waals surface area contributed by atoms with Gasteiger partial charge in [-0.3, -0.25) is 9.59 Å². The number of halogens is 2. The van der Waals surface area contributed by atoms with Gasteiger partial charge in [0.2, 0.25) is 0 Å². The zero-order valence-corrected chi connectivity index (χ0v) is 17.0. The Bertz CT molecular complexity index is 1050. The molecule has 1 aromatic heterocycles. The van der Waals surface area contributed by atoms with Gasteiger partial charge in [-0.2, -0.15) is 5.10 Å². The van der Waals surface area contributed by atoms with Gasteiger partial charge in [-0.15, -0.1) is 0 Å². The topological polar surface area (TPSA) is 76.0 Å². The van der Waals surface area contributed by atoms with E-state index in [1.165, 1.54) is 4.68 Å². The van der Waals surface area contributed by atoms with Crippen molar-refractivity contribution in [1.29, 1.82) is 0 Å². The van der Waals surface area contributed by atoms with Crippen LogP contribution in [0.1, 0.15) is 33.7 Å². The summed E-state index contributed by atoms with van der Waals surface area (Å²) in [6.07, 6.45) is 1.96. The summed E-state index contributed by atoms with van der Waals surface area (Å²) in [6.45, 7) is 0. The Hall–Kier alpha value is -2.64. The van der Waals surface area contributed by atoms with Crippen LogP contribution in [0.15, 0.2) is 59.1 Å². The number of nitrogens with zero attached hydrogens (tertiary/aromatic N) is 2. The number of anilines is 1. The fraction of sp³-hybridized carbons (Fsp3) is 0.150. The maximum atomic E-state index is 12.8. The zero-order valence-electron chi connectivity index (χ0n) is 14.7. The summed E-state index contributed by atoms with van der Waals surface area (Å²) in [4.78, 5) is 25.2. The summed E-state index contributed by atoms with van der Waals surface area (Å²) in [6, 6.07) is 16.1. The molecular weight excluding hydrogens is 444 g/mol.